The Morgan fingerprint density at radius 1 is 1.30 bits per heavy atom. The van der Waals surface area contributed by atoms with Crippen LogP contribution in [0.4, 0.5) is 0 Å². The number of hydrogen-bond donors (Lipinski definition) is 1. The molecule has 3 rings (SSSR count). The van der Waals surface area contributed by atoms with Gasteiger partial charge in [-0.1, -0.05) is 54.2 Å². The maximum atomic E-state index is 11.0. The Balaban J connectivity index is 1.61. The number of hydrogen-bond acceptors (Lipinski definition) is 4. The molecule has 1 fully saturated rings. The number of carbonyl (C=O) groups excluding carboxylic acids is 1. The molecular weight excluding hydrogens is 308 g/mol. The minimum Gasteiger partial charge on any atom is -0.370 e. The lowest BCUT2D eigenvalue weighted by atomic mass is 10.2. The van der Waals surface area contributed by atoms with Crippen molar-refractivity contribution in [2.24, 2.45) is 5.73 Å². The minimum absolute atomic E-state index is 0.296. The molecule has 0 aliphatic heterocycles. The van der Waals surface area contributed by atoms with Crippen molar-refractivity contribution in [1.29, 1.82) is 0 Å². The van der Waals surface area contributed by atoms with Crippen LogP contribution in [-0.2, 0) is 11.2 Å². The van der Waals surface area contributed by atoms with Crippen molar-refractivity contribution >= 4 is 23.7 Å². The van der Waals surface area contributed by atoms with E-state index in [-0.39, 0.29) is 5.91 Å². The summed E-state index contributed by atoms with van der Waals surface area (Å²) < 4.78 is 2.18. The molecule has 1 saturated carbocycles. The summed E-state index contributed by atoms with van der Waals surface area (Å²) in [6.07, 6.45) is 7.46. The van der Waals surface area contributed by atoms with Gasteiger partial charge in [0.05, 0.1) is 0 Å². The van der Waals surface area contributed by atoms with Crippen LogP contribution < -0.4 is 5.73 Å². The highest BCUT2D eigenvalue weighted by molar-refractivity contribution is 7.99. The van der Waals surface area contributed by atoms with Gasteiger partial charge in [-0.15, -0.1) is 10.2 Å². The Morgan fingerprint density at radius 2 is 2.09 bits per heavy atom. The van der Waals surface area contributed by atoms with Gasteiger partial charge >= 0.3 is 0 Å². The van der Waals surface area contributed by atoms with Crippen molar-refractivity contribution in [3.8, 4) is 0 Å². The predicted molar refractivity (Wildman–Crippen MR) is 92.0 cm³/mol. The second-order valence-electron chi connectivity index (χ2n) is 5.59. The van der Waals surface area contributed by atoms with Gasteiger partial charge in [-0.3, -0.25) is 4.79 Å². The topological polar surface area (TPSA) is 73.8 Å². The van der Waals surface area contributed by atoms with Gasteiger partial charge in [0, 0.05) is 24.6 Å². The van der Waals surface area contributed by atoms with E-state index in [9.17, 15) is 4.79 Å². The molecule has 23 heavy (non-hydrogen) atoms. The molecule has 120 valence electrons. The Kier molecular flexibility index (Phi) is 5.12. The Bertz CT molecular complexity index is 692. The van der Waals surface area contributed by atoms with E-state index in [4.69, 9.17) is 5.73 Å². The summed E-state index contributed by atoms with van der Waals surface area (Å²) >= 11 is 1.68. The molecule has 1 aliphatic carbocycles. The zero-order chi connectivity index (χ0) is 16.1. The van der Waals surface area contributed by atoms with Gasteiger partial charge in [0.2, 0.25) is 5.91 Å². The number of primary amides is 1. The second-order valence-corrected chi connectivity index (χ2v) is 6.58. The highest BCUT2D eigenvalue weighted by Gasteiger charge is 2.29. The van der Waals surface area contributed by atoms with Crippen molar-refractivity contribution < 1.29 is 4.79 Å². The largest absolute Gasteiger partial charge is 0.370 e. The Labute approximate surface area is 140 Å². The van der Waals surface area contributed by atoms with Crippen molar-refractivity contribution in [3.05, 3.63) is 47.8 Å². The highest BCUT2D eigenvalue weighted by Crippen LogP contribution is 2.38. The van der Waals surface area contributed by atoms with E-state index in [0.29, 0.717) is 18.9 Å². The van der Waals surface area contributed by atoms with E-state index >= 15 is 0 Å². The summed E-state index contributed by atoms with van der Waals surface area (Å²) in [5.41, 5.74) is 6.43. The predicted octanol–water partition coefficient (Wildman–Crippen LogP) is 2.84. The first kappa shape index (κ1) is 15.8. The summed E-state index contributed by atoms with van der Waals surface area (Å²) in [6, 6.07) is 10.7. The number of aryl methyl sites for hydroxylation is 1. The number of nitrogens with zero attached hydrogens (tertiary/aromatic N) is 3. The third-order valence-corrected chi connectivity index (χ3v) is 4.56. The van der Waals surface area contributed by atoms with Crippen LogP contribution >= 0.6 is 11.8 Å². The molecule has 0 unspecified atom stereocenters. The standard InChI is InChI=1S/C17H20N4OS/c18-15(22)10-11-16-19-20-17(21(16)14-8-9-14)23-12-4-7-13-5-2-1-3-6-13/h1-7,14H,8-12H2,(H2,18,22)/b7-4+. The molecule has 0 radical (unpaired) electrons. The number of nitrogens with two attached hydrogens (primary N) is 1. The van der Waals surface area contributed by atoms with Crippen LogP contribution in [0.3, 0.4) is 0 Å². The van der Waals surface area contributed by atoms with Gasteiger partial charge in [0.25, 0.3) is 0 Å². The lowest BCUT2D eigenvalue weighted by molar-refractivity contribution is -0.118. The maximum Gasteiger partial charge on any atom is 0.217 e. The molecule has 1 aliphatic rings. The molecule has 0 atom stereocenters. The highest BCUT2D eigenvalue weighted by atomic mass is 32.2. The van der Waals surface area contributed by atoms with Gasteiger partial charge in [-0.2, -0.15) is 0 Å². The van der Waals surface area contributed by atoms with Gasteiger partial charge in [0.1, 0.15) is 5.82 Å². The van der Waals surface area contributed by atoms with Crippen LogP contribution in [0.2, 0.25) is 0 Å². The second kappa shape index (κ2) is 7.46. The Morgan fingerprint density at radius 3 is 2.78 bits per heavy atom. The molecule has 0 bridgehead atoms. The number of amides is 1. The van der Waals surface area contributed by atoms with Crippen LogP contribution in [0.5, 0.6) is 0 Å². The third kappa shape index (κ3) is 4.45. The van der Waals surface area contributed by atoms with E-state index in [1.54, 1.807) is 11.8 Å². The molecule has 1 aromatic heterocycles. The normalized spacial score (nSPS) is 14.4. The van der Waals surface area contributed by atoms with Gasteiger partial charge in [0.15, 0.2) is 5.16 Å². The van der Waals surface area contributed by atoms with Crippen molar-refractivity contribution in [3.63, 3.8) is 0 Å². The molecular formula is C17H20N4OS. The lowest BCUT2D eigenvalue weighted by Crippen LogP contribution is -2.13. The van der Waals surface area contributed by atoms with Crippen LogP contribution in [0, 0.1) is 0 Å². The number of benzene rings is 1. The van der Waals surface area contributed by atoms with Crippen LogP contribution in [0.25, 0.3) is 6.08 Å². The first-order chi connectivity index (χ1) is 11.2. The van der Waals surface area contributed by atoms with Crippen molar-refractivity contribution in [2.75, 3.05) is 5.75 Å². The van der Waals surface area contributed by atoms with Crippen LogP contribution in [0.1, 0.15) is 36.7 Å². The Hall–Kier alpha value is -2.08. The summed E-state index contributed by atoms with van der Waals surface area (Å²) in [4.78, 5) is 11.0. The first-order valence-electron chi connectivity index (χ1n) is 7.80. The van der Waals surface area contributed by atoms with E-state index < -0.39 is 0 Å². The van der Waals surface area contributed by atoms with Crippen LogP contribution in [-0.4, -0.2) is 26.4 Å². The molecule has 1 heterocycles. The number of thioether (sulfide) groups is 1. The van der Waals surface area contributed by atoms with E-state index in [2.05, 4.69) is 39.0 Å². The molecule has 0 saturated heterocycles. The van der Waals surface area contributed by atoms with Gasteiger partial charge in [-0.25, -0.2) is 0 Å². The molecule has 2 N–H and O–H groups in total. The number of carbonyl (C=O) groups is 1. The molecule has 6 heteroatoms. The van der Waals surface area contributed by atoms with E-state index in [1.165, 1.54) is 5.56 Å². The van der Waals surface area contributed by atoms with Crippen molar-refractivity contribution in [1.82, 2.24) is 14.8 Å². The number of rotatable bonds is 8. The average molecular weight is 328 g/mol. The van der Waals surface area contributed by atoms with Gasteiger partial charge in [-0.05, 0) is 18.4 Å². The summed E-state index contributed by atoms with van der Waals surface area (Å²) in [6.45, 7) is 0. The monoisotopic (exact) mass is 328 g/mol. The third-order valence-electron chi connectivity index (χ3n) is 3.66. The van der Waals surface area contributed by atoms with Crippen LogP contribution in [0.15, 0.2) is 41.6 Å². The summed E-state index contributed by atoms with van der Waals surface area (Å²) in [5.74, 6) is 1.42. The zero-order valence-electron chi connectivity index (χ0n) is 12.9. The molecule has 2 aromatic rings. The number of aromatic nitrogens is 3. The fraction of sp³-hybridized carbons (Fsp3) is 0.353. The van der Waals surface area contributed by atoms with Gasteiger partial charge < -0.3 is 10.3 Å². The molecule has 0 spiro atoms. The molecule has 1 aromatic carbocycles. The fourth-order valence-corrected chi connectivity index (χ4v) is 3.22. The fourth-order valence-electron chi connectivity index (χ4n) is 2.38. The van der Waals surface area contributed by atoms with E-state index in [0.717, 1.165) is 29.6 Å². The molecule has 1 amide bonds. The lowest BCUT2D eigenvalue weighted by Gasteiger charge is -2.07. The average Bonchev–Trinajstić information content (AvgIpc) is 3.31. The maximum absolute atomic E-state index is 11.0. The first-order valence-corrected chi connectivity index (χ1v) is 8.79. The quantitative estimate of drug-likeness (QED) is 0.756. The van der Waals surface area contributed by atoms with Crippen molar-refractivity contribution in [2.45, 2.75) is 36.9 Å². The minimum atomic E-state index is -0.296. The summed E-state index contributed by atoms with van der Waals surface area (Å²) in [7, 11) is 0. The molecule has 5 nitrogen and oxygen atoms in total. The summed E-state index contributed by atoms with van der Waals surface area (Å²) in [5, 5.41) is 9.47. The SMILES string of the molecule is NC(=O)CCc1nnc(SC/C=C/c2ccccc2)n1C1CC1. The van der Waals surface area contributed by atoms with E-state index in [1.807, 2.05) is 18.2 Å². The smallest absolute Gasteiger partial charge is 0.217 e. The zero-order valence-corrected chi connectivity index (χ0v) is 13.7.